The Labute approximate surface area is 122 Å². The van der Waals surface area contributed by atoms with Crippen molar-refractivity contribution in [3.05, 3.63) is 77.4 Å². The van der Waals surface area contributed by atoms with Crippen molar-refractivity contribution in [3.63, 3.8) is 0 Å². The predicted octanol–water partition coefficient (Wildman–Crippen LogP) is 5.44. The average Bonchev–Trinajstić information content (AvgIpc) is 2.44. The van der Waals surface area contributed by atoms with E-state index in [9.17, 15) is 0 Å². The summed E-state index contributed by atoms with van der Waals surface area (Å²) in [5.74, 6) is 0. The van der Waals surface area contributed by atoms with Gasteiger partial charge in [0.25, 0.3) is 0 Å². The average molecular weight is 262 g/mol. The first-order valence-corrected chi connectivity index (χ1v) is 7.32. The molecule has 0 heterocycles. The van der Waals surface area contributed by atoms with E-state index in [4.69, 9.17) is 0 Å². The molecule has 0 aliphatic heterocycles. The molecule has 0 aromatic heterocycles. The molecule has 102 valence electrons. The highest BCUT2D eigenvalue weighted by atomic mass is 14.4. The molecule has 0 fully saturated rings. The Morgan fingerprint density at radius 2 is 1.30 bits per heavy atom. The van der Waals surface area contributed by atoms with Crippen molar-refractivity contribution in [1.82, 2.24) is 0 Å². The molecule has 2 aromatic carbocycles. The maximum atomic E-state index is 2.45. The van der Waals surface area contributed by atoms with Crippen LogP contribution in [0.25, 0.3) is 5.57 Å². The van der Waals surface area contributed by atoms with E-state index in [0.29, 0.717) is 0 Å². The Balaban J connectivity index is 2.29. The molecule has 0 spiro atoms. The fourth-order valence-electron chi connectivity index (χ4n) is 3.09. The molecule has 0 saturated carbocycles. The lowest BCUT2D eigenvalue weighted by atomic mass is 9.58. The lowest BCUT2D eigenvalue weighted by molar-refractivity contribution is 0.263. The van der Waals surface area contributed by atoms with Gasteiger partial charge in [0.2, 0.25) is 0 Å². The minimum Gasteiger partial charge on any atom is -0.0695 e. The first-order chi connectivity index (χ1) is 9.43. The van der Waals surface area contributed by atoms with Crippen LogP contribution in [0.1, 0.15) is 44.4 Å². The van der Waals surface area contributed by atoms with Crippen LogP contribution in [0, 0.1) is 5.41 Å². The van der Waals surface area contributed by atoms with Crippen molar-refractivity contribution in [2.45, 2.75) is 33.1 Å². The summed E-state index contributed by atoms with van der Waals surface area (Å²) in [5, 5.41) is 0. The van der Waals surface area contributed by atoms with Crippen LogP contribution in [-0.4, -0.2) is 0 Å². The minimum absolute atomic E-state index is 0.131. The van der Waals surface area contributed by atoms with Crippen molar-refractivity contribution in [3.8, 4) is 0 Å². The number of fused-ring (bicyclic) bond motifs is 1. The van der Waals surface area contributed by atoms with Crippen LogP contribution in [0.4, 0.5) is 0 Å². The molecule has 0 nitrogen and oxygen atoms in total. The molecule has 20 heavy (non-hydrogen) atoms. The molecule has 0 amide bonds. The van der Waals surface area contributed by atoms with E-state index in [1.807, 2.05) is 0 Å². The van der Waals surface area contributed by atoms with Gasteiger partial charge in [-0.05, 0) is 33.1 Å². The molecule has 0 heteroatoms. The maximum Gasteiger partial charge on any atom is -0.00115 e. The SMILES string of the molecule is CC1(C)C=C(c2ccccc2)c2ccccc2C1(C)C. The Hall–Kier alpha value is -1.82. The largest absolute Gasteiger partial charge is 0.0695 e. The zero-order valence-electron chi connectivity index (χ0n) is 12.8. The van der Waals surface area contributed by atoms with E-state index in [1.165, 1.54) is 22.3 Å². The number of hydrogen-bond donors (Lipinski definition) is 0. The number of allylic oxidation sites excluding steroid dienone is 1. The van der Waals surface area contributed by atoms with Crippen molar-refractivity contribution in [1.29, 1.82) is 0 Å². The fourth-order valence-corrected chi connectivity index (χ4v) is 3.09. The summed E-state index contributed by atoms with van der Waals surface area (Å²) >= 11 is 0. The Bertz CT molecular complexity index is 657. The van der Waals surface area contributed by atoms with Crippen LogP contribution < -0.4 is 0 Å². The van der Waals surface area contributed by atoms with Crippen LogP contribution in [0.5, 0.6) is 0 Å². The van der Waals surface area contributed by atoms with Crippen molar-refractivity contribution in [2.24, 2.45) is 5.41 Å². The first kappa shape index (κ1) is 13.2. The molecule has 0 unspecified atom stereocenters. The second kappa shape index (κ2) is 4.34. The van der Waals surface area contributed by atoms with Gasteiger partial charge in [0.1, 0.15) is 0 Å². The Morgan fingerprint density at radius 3 is 2.00 bits per heavy atom. The molecule has 0 saturated heterocycles. The molecule has 0 radical (unpaired) electrons. The van der Waals surface area contributed by atoms with E-state index >= 15 is 0 Å². The normalized spacial score (nSPS) is 19.1. The zero-order chi connectivity index (χ0) is 14.4. The molecule has 2 aromatic rings. The third-order valence-corrected chi connectivity index (χ3v) is 5.09. The summed E-state index contributed by atoms with van der Waals surface area (Å²) in [7, 11) is 0. The predicted molar refractivity (Wildman–Crippen MR) is 86.8 cm³/mol. The Morgan fingerprint density at radius 1 is 0.700 bits per heavy atom. The van der Waals surface area contributed by atoms with Gasteiger partial charge >= 0.3 is 0 Å². The van der Waals surface area contributed by atoms with Gasteiger partial charge in [-0.1, -0.05) is 88.4 Å². The molecule has 0 bridgehead atoms. The monoisotopic (exact) mass is 262 g/mol. The van der Waals surface area contributed by atoms with E-state index < -0.39 is 0 Å². The highest BCUT2D eigenvalue weighted by Crippen LogP contribution is 2.50. The molecule has 3 rings (SSSR count). The van der Waals surface area contributed by atoms with Gasteiger partial charge in [-0.2, -0.15) is 0 Å². The van der Waals surface area contributed by atoms with E-state index in [1.54, 1.807) is 0 Å². The maximum absolute atomic E-state index is 2.45. The van der Waals surface area contributed by atoms with Gasteiger partial charge in [0.15, 0.2) is 0 Å². The van der Waals surface area contributed by atoms with Crippen molar-refractivity contribution < 1.29 is 0 Å². The van der Waals surface area contributed by atoms with E-state index in [2.05, 4.69) is 88.4 Å². The molecule has 1 aliphatic rings. The third-order valence-electron chi connectivity index (χ3n) is 5.09. The van der Waals surface area contributed by atoms with Gasteiger partial charge in [0.05, 0.1) is 0 Å². The summed E-state index contributed by atoms with van der Waals surface area (Å²) in [6, 6.07) is 19.6. The summed E-state index contributed by atoms with van der Waals surface area (Å²) in [4.78, 5) is 0. The lowest BCUT2D eigenvalue weighted by Crippen LogP contribution is -2.38. The smallest absolute Gasteiger partial charge is 0.00115 e. The Kier molecular flexibility index (Phi) is 2.86. The summed E-state index contributed by atoms with van der Waals surface area (Å²) < 4.78 is 0. The van der Waals surface area contributed by atoms with Gasteiger partial charge < -0.3 is 0 Å². The van der Waals surface area contributed by atoms with Crippen LogP contribution >= 0.6 is 0 Å². The summed E-state index contributed by atoms with van der Waals surface area (Å²) in [6.07, 6.45) is 2.45. The van der Waals surface area contributed by atoms with Crippen LogP contribution in [-0.2, 0) is 5.41 Å². The van der Waals surface area contributed by atoms with Crippen LogP contribution in [0.3, 0.4) is 0 Å². The minimum atomic E-state index is 0.131. The molecule has 0 atom stereocenters. The standard InChI is InChI=1S/C20H22/c1-19(2)14-17(15-10-6-5-7-11-15)16-12-8-9-13-18(16)20(19,3)4/h5-14H,1-4H3. The summed E-state index contributed by atoms with van der Waals surface area (Å²) in [5.41, 5.74) is 5.78. The van der Waals surface area contributed by atoms with E-state index in [0.717, 1.165) is 0 Å². The third kappa shape index (κ3) is 1.83. The van der Waals surface area contributed by atoms with Crippen molar-refractivity contribution in [2.75, 3.05) is 0 Å². The van der Waals surface area contributed by atoms with Gasteiger partial charge in [-0.15, -0.1) is 0 Å². The van der Waals surface area contributed by atoms with Gasteiger partial charge in [-0.3, -0.25) is 0 Å². The van der Waals surface area contributed by atoms with Gasteiger partial charge in [0, 0.05) is 0 Å². The van der Waals surface area contributed by atoms with Crippen molar-refractivity contribution >= 4 is 5.57 Å². The first-order valence-electron chi connectivity index (χ1n) is 7.32. The fraction of sp³-hybridized carbons (Fsp3) is 0.300. The van der Waals surface area contributed by atoms with Crippen LogP contribution in [0.15, 0.2) is 60.7 Å². The molecule has 1 aliphatic carbocycles. The number of hydrogen-bond acceptors (Lipinski definition) is 0. The second-order valence-corrected chi connectivity index (χ2v) is 6.82. The zero-order valence-corrected chi connectivity index (χ0v) is 12.8. The highest BCUT2D eigenvalue weighted by Gasteiger charge is 2.41. The molecule has 0 N–H and O–H groups in total. The van der Waals surface area contributed by atoms with E-state index in [-0.39, 0.29) is 10.8 Å². The quantitative estimate of drug-likeness (QED) is 0.642. The number of benzene rings is 2. The highest BCUT2D eigenvalue weighted by molar-refractivity contribution is 5.84. The lowest BCUT2D eigenvalue weighted by Gasteiger charge is -2.45. The molecular formula is C20H22. The number of rotatable bonds is 1. The van der Waals surface area contributed by atoms with Gasteiger partial charge in [-0.25, -0.2) is 0 Å². The second-order valence-electron chi connectivity index (χ2n) is 6.82. The molecular weight excluding hydrogens is 240 g/mol. The van der Waals surface area contributed by atoms with Crippen LogP contribution in [0.2, 0.25) is 0 Å². The topological polar surface area (TPSA) is 0 Å². The summed E-state index contributed by atoms with van der Waals surface area (Å²) in [6.45, 7) is 9.38.